The van der Waals surface area contributed by atoms with Crippen LogP contribution >= 0.6 is 0 Å². The Hall–Kier alpha value is -0.980. The molecule has 1 N–H and O–H groups in total. The van der Waals surface area contributed by atoms with Gasteiger partial charge in [0.05, 0.1) is 5.75 Å². The molecule has 0 fully saturated rings. The molecule has 0 atom stereocenters. The van der Waals surface area contributed by atoms with Crippen LogP contribution < -0.4 is 5.32 Å². The van der Waals surface area contributed by atoms with Crippen molar-refractivity contribution in [1.29, 1.82) is 0 Å². The third kappa shape index (κ3) is 6.13. The van der Waals surface area contributed by atoms with Crippen molar-refractivity contribution in [3.63, 3.8) is 0 Å². The van der Waals surface area contributed by atoms with Crippen LogP contribution in [-0.4, -0.2) is 43.1 Å². The lowest BCUT2D eigenvalue weighted by Crippen LogP contribution is -2.31. The third-order valence-electron chi connectivity index (χ3n) is 2.76. The molecule has 0 bridgehead atoms. The molecule has 0 radical (unpaired) electrons. The molecule has 0 amide bonds. The molecule has 19 heavy (non-hydrogen) atoms. The third-order valence-corrected chi connectivity index (χ3v) is 4.64. The summed E-state index contributed by atoms with van der Waals surface area (Å²) in [5.74, 6) is 0.175. The zero-order valence-electron chi connectivity index (χ0n) is 11.8. The summed E-state index contributed by atoms with van der Waals surface area (Å²) in [6.07, 6.45) is 3.96. The van der Waals surface area contributed by atoms with Crippen molar-refractivity contribution in [2.75, 3.05) is 19.3 Å². The van der Waals surface area contributed by atoms with Crippen molar-refractivity contribution in [2.45, 2.75) is 32.9 Å². The Labute approximate surface area is 116 Å². The predicted octanol–water partition coefficient (Wildman–Crippen LogP) is 1.23. The largest absolute Gasteiger partial charge is 0.314 e. The lowest BCUT2D eigenvalue weighted by molar-refractivity contribution is 0.463. The van der Waals surface area contributed by atoms with Crippen LogP contribution in [0.5, 0.6) is 0 Å². The maximum Gasteiger partial charge on any atom is 0.214 e. The number of hydrogen-bond donors (Lipinski definition) is 1. The number of aromatic nitrogens is 1. The first-order valence-corrected chi connectivity index (χ1v) is 8.09. The summed E-state index contributed by atoms with van der Waals surface area (Å²) in [7, 11) is -1.57. The topological polar surface area (TPSA) is 62.3 Å². The molecule has 0 aliphatic heterocycles. The second-order valence-corrected chi connectivity index (χ2v) is 7.09. The summed E-state index contributed by atoms with van der Waals surface area (Å²) in [6, 6.07) is 4.04. The van der Waals surface area contributed by atoms with Crippen molar-refractivity contribution in [1.82, 2.24) is 14.6 Å². The van der Waals surface area contributed by atoms with Gasteiger partial charge >= 0.3 is 0 Å². The van der Waals surface area contributed by atoms with Crippen LogP contribution in [0.2, 0.25) is 0 Å². The van der Waals surface area contributed by atoms with Crippen molar-refractivity contribution < 1.29 is 8.42 Å². The molecule has 0 saturated carbocycles. The molecule has 0 spiro atoms. The lowest BCUT2D eigenvalue weighted by atomic mass is 10.3. The first-order valence-electron chi connectivity index (χ1n) is 6.48. The zero-order chi connectivity index (χ0) is 14.3. The SMILES string of the molecule is CC(C)NCCCS(=O)(=O)N(C)Cc1ccncc1. The fourth-order valence-electron chi connectivity index (χ4n) is 1.64. The van der Waals surface area contributed by atoms with Gasteiger partial charge in [0.15, 0.2) is 0 Å². The number of sulfonamides is 1. The van der Waals surface area contributed by atoms with Crippen molar-refractivity contribution in [3.8, 4) is 0 Å². The molecular formula is C13H23N3O2S. The molecule has 5 nitrogen and oxygen atoms in total. The Bertz CT molecular complexity index is 460. The van der Waals surface area contributed by atoms with Gasteiger partial charge in [0, 0.05) is 32.0 Å². The summed E-state index contributed by atoms with van der Waals surface area (Å²) >= 11 is 0. The maximum atomic E-state index is 12.1. The number of hydrogen-bond acceptors (Lipinski definition) is 4. The lowest BCUT2D eigenvalue weighted by Gasteiger charge is -2.17. The molecule has 1 aromatic rings. The zero-order valence-corrected chi connectivity index (χ0v) is 12.7. The highest BCUT2D eigenvalue weighted by molar-refractivity contribution is 7.89. The summed E-state index contributed by atoms with van der Waals surface area (Å²) < 4.78 is 25.5. The normalized spacial score (nSPS) is 12.3. The van der Waals surface area contributed by atoms with Gasteiger partial charge in [-0.05, 0) is 30.7 Å². The number of nitrogens with zero attached hydrogens (tertiary/aromatic N) is 2. The van der Waals surface area contributed by atoms with E-state index in [1.54, 1.807) is 19.4 Å². The van der Waals surface area contributed by atoms with Gasteiger partial charge in [-0.1, -0.05) is 13.8 Å². The minimum Gasteiger partial charge on any atom is -0.314 e. The van der Waals surface area contributed by atoms with Crippen LogP contribution in [0.1, 0.15) is 25.8 Å². The van der Waals surface area contributed by atoms with Crippen LogP contribution in [0.15, 0.2) is 24.5 Å². The van der Waals surface area contributed by atoms with E-state index >= 15 is 0 Å². The first-order chi connectivity index (χ1) is 8.92. The molecule has 1 aromatic heterocycles. The van der Waals surface area contributed by atoms with Crippen molar-refractivity contribution in [3.05, 3.63) is 30.1 Å². The minimum atomic E-state index is -3.18. The average molecular weight is 285 g/mol. The van der Waals surface area contributed by atoms with Crippen LogP contribution in [-0.2, 0) is 16.6 Å². The molecule has 1 heterocycles. The summed E-state index contributed by atoms with van der Waals surface area (Å²) in [5.41, 5.74) is 0.946. The smallest absolute Gasteiger partial charge is 0.214 e. The summed E-state index contributed by atoms with van der Waals surface area (Å²) in [6.45, 7) is 5.20. The van der Waals surface area contributed by atoms with Gasteiger partial charge < -0.3 is 5.32 Å². The Morgan fingerprint density at radius 3 is 2.53 bits per heavy atom. The van der Waals surface area contributed by atoms with Crippen molar-refractivity contribution in [2.24, 2.45) is 0 Å². The Kier molecular flexibility index (Phi) is 6.41. The molecule has 0 aliphatic carbocycles. The van der Waals surface area contributed by atoms with Gasteiger partial charge in [-0.15, -0.1) is 0 Å². The quantitative estimate of drug-likeness (QED) is 0.730. The second-order valence-electron chi connectivity index (χ2n) is 4.89. The van der Waals surface area contributed by atoms with E-state index in [2.05, 4.69) is 10.3 Å². The van der Waals surface area contributed by atoms with E-state index in [0.717, 1.165) is 12.1 Å². The van der Waals surface area contributed by atoms with E-state index in [-0.39, 0.29) is 5.75 Å². The maximum absolute atomic E-state index is 12.1. The molecule has 0 saturated heterocycles. The van der Waals surface area contributed by atoms with Gasteiger partial charge in [-0.2, -0.15) is 0 Å². The van der Waals surface area contributed by atoms with E-state index in [1.165, 1.54) is 4.31 Å². The average Bonchev–Trinajstić information content (AvgIpc) is 2.35. The molecule has 108 valence electrons. The van der Waals surface area contributed by atoms with Crippen LogP contribution in [0.25, 0.3) is 0 Å². The molecule has 6 heteroatoms. The summed E-state index contributed by atoms with van der Waals surface area (Å²) in [4.78, 5) is 3.92. The van der Waals surface area contributed by atoms with E-state index in [1.807, 2.05) is 26.0 Å². The van der Waals surface area contributed by atoms with Gasteiger partial charge in [-0.25, -0.2) is 12.7 Å². The van der Waals surface area contributed by atoms with Gasteiger partial charge in [-0.3, -0.25) is 4.98 Å². The van der Waals surface area contributed by atoms with E-state index in [0.29, 0.717) is 19.0 Å². The first kappa shape index (κ1) is 16.1. The Morgan fingerprint density at radius 2 is 1.95 bits per heavy atom. The van der Waals surface area contributed by atoms with E-state index in [4.69, 9.17) is 0 Å². The number of rotatable bonds is 8. The highest BCUT2D eigenvalue weighted by Gasteiger charge is 2.17. The number of pyridine rings is 1. The van der Waals surface area contributed by atoms with E-state index in [9.17, 15) is 8.42 Å². The Morgan fingerprint density at radius 1 is 1.32 bits per heavy atom. The van der Waals surface area contributed by atoms with Crippen LogP contribution in [0, 0.1) is 0 Å². The Balaban J connectivity index is 2.43. The number of nitrogens with one attached hydrogen (secondary N) is 1. The highest BCUT2D eigenvalue weighted by Crippen LogP contribution is 2.07. The fraction of sp³-hybridized carbons (Fsp3) is 0.615. The van der Waals surface area contributed by atoms with Gasteiger partial charge in [0.1, 0.15) is 0 Å². The second kappa shape index (κ2) is 7.57. The fourth-order valence-corrected chi connectivity index (χ4v) is 2.81. The minimum absolute atomic E-state index is 0.175. The van der Waals surface area contributed by atoms with Crippen LogP contribution in [0.3, 0.4) is 0 Å². The standard InChI is InChI=1S/C13H23N3O2S/c1-12(2)15-7-4-10-19(17,18)16(3)11-13-5-8-14-9-6-13/h5-6,8-9,12,15H,4,7,10-11H2,1-3H3. The van der Waals surface area contributed by atoms with Gasteiger partial charge in [0.25, 0.3) is 0 Å². The predicted molar refractivity (Wildman–Crippen MR) is 77.2 cm³/mol. The molecule has 0 unspecified atom stereocenters. The molecule has 0 aromatic carbocycles. The highest BCUT2D eigenvalue weighted by atomic mass is 32.2. The summed E-state index contributed by atoms with van der Waals surface area (Å²) in [5, 5.41) is 3.22. The molecule has 0 aliphatic rings. The van der Waals surface area contributed by atoms with Crippen LogP contribution in [0.4, 0.5) is 0 Å². The van der Waals surface area contributed by atoms with Crippen molar-refractivity contribution >= 4 is 10.0 Å². The monoisotopic (exact) mass is 285 g/mol. The molecular weight excluding hydrogens is 262 g/mol. The van der Waals surface area contributed by atoms with Gasteiger partial charge in [0.2, 0.25) is 10.0 Å². The molecule has 1 rings (SSSR count). The van der Waals surface area contributed by atoms with E-state index < -0.39 is 10.0 Å².